The number of carbonyl (C=O) groups is 1. The molecular weight excluding hydrogens is 483 g/mol. The molecule has 0 saturated carbocycles. The van der Waals surface area contributed by atoms with Gasteiger partial charge in [-0.25, -0.2) is 18.0 Å². The Morgan fingerprint density at radius 1 is 0.919 bits per heavy atom. The zero-order chi connectivity index (χ0) is 25.7. The number of rotatable bonds is 4. The van der Waals surface area contributed by atoms with Gasteiger partial charge < -0.3 is 14.6 Å². The molecule has 3 aliphatic rings. The Labute approximate surface area is 212 Å². The summed E-state index contributed by atoms with van der Waals surface area (Å²) in [6, 6.07) is 17.2. The lowest BCUT2D eigenvalue weighted by Crippen LogP contribution is -2.64. The second-order valence-electron chi connectivity index (χ2n) is 10.2. The zero-order valence-corrected chi connectivity index (χ0v) is 20.0. The van der Waals surface area contributed by atoms with Crippen molar-refractivity contribution in [3.05, 3.63) is 94.8 Å². The molecule has 3 aromatic carbocycles. The minimum atomic E-state index is -1.55. The smallest absolute Gasteiger partial charge is 0.410 e. The minimum absolute atomic E-state index is 0.0782. The Kier molecular flexibility index (Phi) is 5.96. The zero-order valence-electron chi connectivity index (χ0n) is 20.0. The van der Waals surface area contributed by atoms with E-state index in [9.17, 15) is 23.1 Å². The molecule has 37 heavy (non-hydrogen) atoms. The van der Waals surface area contributed by atoms with Crippen molar-refractivity contribution in [3.63, 3.8) is 0 Å². The van der Waals surface area contributed by atoms with E-state index < -0.39 is 41.2 Å². The summed E-state index contributed by atoms with van der Waals surface area (Å²) in [6.07, 6.45) is -0.471. The number of fused-ring (bicyclic) bond motifs is 5. The number of ether oxygens (including phenoxy) is 2. The van der Waals surface area contributed by atoms with Crippen LogP contribution in [0.4, 0.5) is 18.0 Å². The Morgan fingerprint density at radius 3 is 2.14 bits per heavy atom. The molecule has 192 valence electrons. The molecule has 1 N–H and O–H groups in total. The average molecular weight is 510 g/mol. The number of amides is 1. The van der Waals surface area contributed by atoms with Crippen LogP contribution in [0, 0.1) is 17.5 Å². The quantitative estimate of drug-likeness (QED) is 0.492. The monoisotopic (exact) mass is 509 g/mol. The van der Waals surface area contributed by atoms with E-state index in [-0.39, 0.29) is 50.6 Å². The normalized spacial score (nSPS) is 24.5. The fourth-order valence-corrected chi connectivity index (χ4v) is 6.24. The van der Waals surface area contributed by atoms with Crippen molar-refractivity contribution in [3.8, 4) is 11.1 Å². The molecule has 5 nitrogen and oxygen atoms in total. The van der Waals surface area contributed by atoms with Gasteiger partial charge in [-0.1, -0.05) is 54.6 Å². The lowest BCUT2D eigenvalue weighted by atomic mass is 9.77. The SMILES string of the molecule is O=C(OCC1c2ccccc2-c2ccccc21)N1C2COCC1CC(O)(Cc1ccc(F)c(F)c1F)C2. The number of hydrogen-bond donors (Lipinski definition) is 1. The van der Waals surface area contributed by atoms with Gasteiger partial charge in [-0.15, -0.1) is 0 Å². The molecule has 6 rings (SSSR count). The highest BCUT2D eigenvalue weighted by Gasteiger charge is 2.49. The van der Waals surface area contributed by atoms with Crippen LogP contribution in [0.3, 0.4) is 0 Å². The minimum Gasteiger partial charge on any atom is -0.448 e. The number of carbonyl (C=O) groups excluding carboxylic acids is 1. The highest BCUT2D eigenvalue weighted by molar-refractivity contribution is 5.79. The molecule has 8 heteroatoms. The molecule has 2 fully saturated rings. The fraction of sp³-hybridized carbons (Fsp3) is 0.345. The lowest BCUT2D eigenvalue weighted by molar-refractivity contribution is -0.132. The molecule has 2 heterocycles. The van der Waals surface area contributed by atoms with Crippen molar-refractivity contribution in [1.82, 2.24) is 4.90 Å². The van der Waals surface area contributed by atoms with Crippen molar-refractivity contribution in [2.24, 2.45) is 0 Å². The molecule has 2 unspecified atom stereocenters. The molecule has 0 aromatic heterocycles. The van der Waals surface area contributed by atoms with Crippen LogP contribution < -0.4 is 0 Å². The van der Waals surface area contributed by atoms with Gasteiger partial charge in [-0.2, -0.15) is 0 Å². The summed E-state index contributed by atoms with van der Waals surface area (Å²) >= 11 is 0. The van der Waals surface area contributed by atoms with Gasteiger partial charge in [0.2, 0.25) is 0 Å². The molecule has 0 spiro atoms. The fourth-order valence-electron chi connectivity index (χ4n) is 6.24. The van der Waals surface area contributed by atoms with Crippen LogP contribution in [0.25, 0.3) is 11.1 Å². The van der Waals surface area contributed by atoms with Crippen molar-refractivity contribution >= 4 is 6.09 Å². The highest BCUT2D eigenvalue weighted by atomic mass is 19.2. The first-order chi connectivity index (χ1) is 17.8. The van der Waals surface area contributed by atoms with E-state index in [4.69, 9.17) is 9.47 Å². The summed E-state index contributed by atoms with van der Waals surface area (Å²) in [4.78, 5) is 14.9. The summed E-state index contributed by atoms with van der Waals surface area (Å²) in [5.41, 5.74) is 3.00. The van der Waals surface area contributed by atoms with Gasteiger partial charge in [-0.05, 0) is 46.7 Å². The maximum atomic E-state index is 14.3. The first-order valence-electron chi connectivity index (χ1n) is 12.4. The topological polar surface area (TPSA) is 59.0 Å². The van der Waals surface area contributed by atoms with E-state index >= 15 is 0 Å². The van der Waals surface area contributed by atoms with Gasteiger partial charge in [0.05, 0.1) is 30.9 Å². The van der Waals surface area contributed by atoms with E-state index in [2.05, 4.69) is 24.3 Å². The third-order valence-corrected chi connectivity index (χ3v) is 7.82. The van der Waals surface area contributed by atoms with Gasteiger partial charge in [0.1, 0.15) is 6.61 Å². The number of morpholine rings is 1. The average Bonchev–Trinajstić information content (AvgIpc) is 3.21. The Morgan fingerprint density at radius 2 is 1.51 bits per heavy atom. The largest absolute Gasteiger partial charge is 0.448 e. The third kappa shape index (κ3) is 4.18. The Hall–Kier alpha value is -3.36. The molecule has 2 atom stereocenters. The van der Waals surface area contributed by atoms with Crippen LogP contribution in [0.1, 0.15) is 35.4 Å². The highest BCUT2D eigenvalue weighted by Crippen LogP contribution is 2.45. The summed E-state index contributed by atoms with van der Waals surface area (Å²) in [5.74, 6) is -4.21. The van der Waals surface area contributed by atoms with Crippen molar-refractivity contribution in [2.45, 2.75) is 42.9 Å². The number of benzene rings is 3. The summed E-state index contributed by atoms with van der Waals surface area (Å²) in [5, 5.41) is 11.3. The number of nitrogens with zero attached hydrogens (tertiary/aromatic N) is 1. The number of halogens is 3. The van der Waals surface area contributed by atoms with Crippen LogP contribution in [0.5, 0.6) is 0 Å². The molecule has 3 aromatic rings. The predicted octanol–water partition coefficient (Wildman–Crippen LogP) is 5.19. The molecule has 2 saturated heterocycles. The van der Waals surface area contributed by atoms with Crippen LogP contribution in [-0.4, -0.2) is 53.6 Å². The molecule has 2 aliphatic heterocycles. The number of piperidine rings is 1. The second-order valence-corrected chi connectivity index (χ2v) is 10.2. The van der Waals surface area contributed by atoms with E-state index in [1.165, 1.54) is 0 Å². The molecule has 0 radical (unpaired) electrons. The maximum absolute atomic E-state index is 14.3. The maximum Gasteiger partial charge on any atom is 0.410 e. The number of aliphatic hydroxyl groups is 1. The van der Waals surface area contributed by atoms with Crippen LogP contribution in [-0.2, 0) is 15.9 Å². The van der Waals surface area contributed by atoms with E-state index in [0.29, 0.717) is 0 Å². The summed E-state index contributed by atoms with van der Waals surface area (Å²) in [7, 11) is 0. The Bertz CT molecular complexity index is 1300. The van der Waals surface area contributed by atoms with Gasteiger partial charge in [-0.3, -0.25) is 4.90 Å². The summed E-state index contributed by atoms with van der Waals surface area (Å²) < 4.78 is 52.9. The van der Waals surface area contributed by atoms with Crippen LogP contribution >= 0.6 is 0 Å². The third-order valence-electron chi connectivity index (χ3n) is 7.82. The van der Waals surface area contributed by atoms with E-state index in [1.54, 1.807) is 4.90 Å². The van der Waals surface area contributed by atoms with Gasteiger partial charge >= 0.3 is 6.09 Å². The first kappa shape index (κ1) is 24.0. The second kappa shape index (κ2) is 9.19. The number of hydrogen-bond acceptors (Lipinski definition) is 4. The molecule has 2 bridgehead atoms. The van der Waals surface area contributed by atoms with Crippen molar-refractivity contribution in [1.29, 1.82) is 0 Å². The van der Waals surface area contributed by atoms with Gasteiger partial charge in [0.25, 0.3) is 0 Å². The standard InChI is InChI=1S/C29H26F3NO4/c30-25-10-9-17(26(31)27(25)32)11-29(35)12-18-14-36-15-19(13-29)33(18)28(34)37-16-24-22-7-3-1-5-20(22)21-6-2-4-8-23(21)24/h1-10,18-19,24,35H,11-16H2. The first-order valence-corrected chi connectivity index (χ1v) is 12.4. The van der Waals surface area contributed by atoms with Crippen LogP contribution in [0.15, 0.2) is 60.7 Å². The molecule has 1 amide bonds. The lowest BCUT2D eigenvalue weighted by Gasteiger charge is -2.51. The van der Waals surface area contributed by atoms with Gasteiger partial charge in [0, 0.05) is 12.3 Å². The van der Waals surface area contributed by atoms with E-state index in [0.717, 1.165) is 34.4 Å². The van der Waals surface area contributed by atoms with E-state index in [1.807, 2.05) is 24.3 Å². The van der Waals surface area contributed by atoms with Crippen molar-refractivity contribution in [2.75, 3.05) is 19.8 Å². The summed E-state index contributed by atoms with van der Waals surface area (Å²) in [6.45, 7) is 0.570. The van der Waals surface area contributed by atoms with Gasteiger partial charge in [0.15, 0.2) is 17.5 Å². The van der Waals surface area contributed by atoms with Crippen LogP contribution in [0.2, 0.25) is 0 Å². The van der Waals surface area contributed by atoms with Crippen molar-refractivity contribution < 1.29 is 32.5 Å². The Balaban J connectivity index is 1.17. The predicted molar refractivity (Wildman–Crippen MR) is 130 cm³/mol. The molecular formula is C29H26F3NO4. The molecule has 1 aliphatic carbocycles.